The van der Waals surface area contributed by atoms with Crippen LogP contribution in [0.25, 0.3) is 21.7 Å². The number of benzene rings is 3. The van der Waals surface area contributed by atoms with Gasteiger partial charge in [0.05, 0.1) is 16.8 Å². The number of carboxylic acid groups (broad SMARTS) is 1. The largest absolute Gasteiger partial charge is 0.487 e. The van der Waals surface area contributed by atoms with E-state index in [1.807, 2.05) is 73.7 Å². The number of hydrogen-bond acceptors (Lipinski definition) is 3. The zero-order valence-corrected chi connectivity index (χ0v) is 14.3. The van der Waals surface area contributed by atoms with Crippen LogP contribution in [0.2, 0.25) is 0 Å². The molecule has 0 radical (unpaired) electrons. The lowest BCUT2D eigenvalue weighted by molar-refractivity contribution is 0.0692. The monoisotopic (exact) mass is 343 g/mol. The second-order valence-corrected chi connectivity index (χ2v) is 6.18. The Labute approximate surface area is 150 Å². The van der Waals surface area contributed by atoms with Gasteiger partial charge >= 0.3 is 5.97 Å². The first-order chi connectivity index (χ1) is 12.6. The predicted octanol–water partition coefficient (Wildman–Crippen LogP) is 4.97. The van der Waals surface area contributed by atoms with Crippen LogP contribution in [0.1, 0.15) is 21.6 Å². The third kappa shape index (κ3) is 2.86. The molecule has 3 aromatic carbocycles. The maximum absolute atomic E-state index is 11.8. The third-order valence-electron chi connectivity index (χ3n) is 4.54. The molecule has 1 aromatic heterocycles. The lowest BCUT2D eigenvalue weighted by atomic mass is 10.0. The van der Waals surface area contributed by atoms with E-state index in [1.54, 1.807) is 0 Å². The molecule has 26 heavy (non-hydrogen) atoms. The van der Waals surface area contributed by atoms with E-state index in [2.05, 4.69) is 4.98 Å². The molecule has 0 aliphatic carbocycles. The van der Waals surface area contributed by atoms with E-state index in [1.165, 1.54) is 0 Å². The van der Waals surface area contributed by atoms with Crippen molar-refractivity contribution < 1.29 is 14.6 Å². The molecule has 4 nitrogen and oxygen atoms in total. The molecule has 4 aromatic rings. The number of aromatic carboxylic acids is 1. The van der Waals surface area contributed by atoms with Crippen molar-refractivity contribution in [3.8, 4) is 5.75 Å². The van der Waals surface area contributed by atoms with Crippen LogP contribution < -0.4 is 4.74 Å². The summed E-state index contributed by atoms with van der Waals surface area (Å²) in [5.41, 5.74) is 2.12. The lowest BCUT2D eigenvalue weighted by Crippen LogP contribution is -2.11. The fourth-order valence-electron chi connectivity index (χ4n) is 3.24. The molecule has 0 amide bonds. The van der Waals surface area contributed by atoms with Crippen molar-refractivity contribution in [1.82, 2.24) is 4.98 Å². The van der Waals surface area contributed by atoms with Gasteiger partial charge in [-0.2, -0.15) is 0 Å². The first kappa shape index (κ1) is 16.1. The number of pyridine rings is 1. The highest BCUT2D eigenvalue weighted by Crippen LogP contribution is 2.25. The average molecular weight is 343 g/mol. The number of aromatic nitrogens is 1. The summed E-state index contributed by atoms with van der Waals surface area (Å²) in [5, 5.41) is 12.7. The van der Waals surface area contributed by atoms with Crippen molar-refractivity contribution in [3.63, 3.8) is 0 Å². The van der Waals surface area contributed by atoms with E-state index >= 15 is 0 Å². The molecule has 0 bridgehead atoms. The van der Waals surface area contributed by atoms with Crippen molar-refractivity contribution in [1.29, 1.82) is 0 Å². The first-order valence-corrected chi connectivity index (χ1v) is 8.36. The number of carboxylic acids is 1. The van der Waals surface area contributed by atoms with Gasteiger partial charge in [-0.15, -0.1) is 0 Å². The summed E-state index contributed by atoms with van der Waals surface area (Å²) in [6.07, 6.45) is 0. The summed E-state index contributed by atoms with van der Waals surface area (Å²) in [6, 6.07) is 21.4. The van der Waals surface area contributed by atoms with Crippen LogP contribution in [0.4, 0.5) is 0 Å². The van der Waals surface area contributed by atoms with Crippen LogP contribution in [0.15, 0.2) is 66.7 Å². The Morgan fingerprint density at radius 3 is 2.54 bits per heavy atom. The molecule has 0 atom stereocenters. The summed E-state index contributed by atoms with van der Waals surface area (Å²) in [6.45, 7) is 1.92. The topological polar surface area (TPSA) is 59.4 Å². The van der Waals surface area contributed by atoms with Crippen LogP contribution in [0.5, 0.6) is 5.75 Å². The minimum absolute atomic E-state index is 0.103. The number of aryl methyl sites for hydroxylation is 1. The van der Waals surface area contributed by atoms with E-state index in [0.29, 0.717) is 17.0 Å². The number of nitrogens with zero attached hydrogens (tertiary/aromatic N) is 1. The second kappa shape index (κ2) is 6.48. The van der Waals surface area contributed by atoms with Gasteiger partial charge in [0.25, 0.3) is 0 Å². The minimum atomic E-state index is -0.988. The van der Waals surface area contributed by atoms with Crippen LogP contribution in [0, 0.1) is 6.92 Å². The number of ether oxygens (including phenoxy) is 1. The fraction of sp³-hybridized carbons (Fsp3) is 0.0909. The Bertz CT molecular complexity index is 1130. The zero-order valence-electron chi connectivity index (χ0n) is 14.3. The van der Waals surface area contributed by atoms with Crippen LogP contribution in [-0.2, 0) is 6.61 Å². The minimum Gasteiger partial charge on any atom is -0.487 e. The van der Waals surface area contributed by atoms with Crippen molar-refractivity contribution in [3.05, 3.63) is 83.6 Å². The average Bonchev–Trinajstić information content (AvgIpc) is 2.66. The first-order valence-electron chi connectivity index (χ1n) is 8.36. The Hall–Kier alpha value is -3.40. The number of hydrogen-bond donors (Lipinski definition) is 1. The molecular weight excluding hydrogens is 326 g/mol. The van der Waals surface area contributed by atoms with E-state index in [4.69, 9.17) is 4.74 Å². The number of fused-ring (bicyclic) bond motifs is 2. The molecule has 0 fully saturated rings. The van der Waals surface area contributed by atoms with Crippen molar-refractivity contribution in [2.45, 2.75) is 13.5 Å². The van der Waals surface area contributed by atoms with E-state index < -0.39 is 5.97 Å². The van der Waals surface area contributed by atoms with Crippen molar-refractivity contribution >= 4 is 27.6 Å². The van der Waals surface area contributed by atoms with Gasteiger partial charge in [-0.3, -0.25) is 0 Å². The van der Waals surface area contributed by atoms with E-state index in [9.17, 15) is 9.90 Å². The SMILES string of the molecule is Cc1c(C(=O)O)c(COc2ccc3ccccc3c2)nc2ccccc12. The lowest BCUT2D eigenvalue weighted by Gasteiger charge is -2.13. The van der Waals surface area contributed by atoms with Crippen LogP contribution in [-0.4, -0.2) is 16.1 Å². The molecule has 1 heterocycles. The van der Waals surface area contributed by atoms with Gasteiger partial charge in [-0.25, -0.2) is 9.78 Å². The molecule has 0 saturated carbocycles. The van der Waals surface area contributed by atoms with Gasteiger partial charge in [0, 0.05) is 5.39 Å². The van der Waals surface area contributed by atoms with Gasteiger partial charge in [-0.05, 0) is 41.5 Å². The summed E-state index contributed by atoms with van der Waals surface area (Å²) < 4.78 is 5.87. The molecule has 0 unspecified atom stereocenters. The van der Waals surface area contributed by atoms with Crippen molar-refractivity contribution in [2.75, 3.05) is 0 Å². The Morgan fingerprint density at radius 1 is 1.00 bits per heavy atom. The molecular formula is C22H17NO3. The van der Waals surface area contributed by atoms with Gasteiger partial charge in [0.15, 0.2) is 0 Å². The third-order valence-corrected chi connectivity index (χ3v) is 4.54. The second-order valence-electron chi connectivity index (χ2n) is 6.18. The maximum Gasteiger partial charge on any atom is 0.337 e. The van der Waals surface area contributed by atoms with Crippen LogP contribution >= 0.6 is 0 Å². The molecule has 0 spiro atoms. The molecule has 1 N–H and O–H groups in total. The van der Waals surface area contributed by atoms with E-state index in [0.717, 1.165) is 21.7 Å². The summed E-state index contributed by atoms with van der Waals surface area (Å²) in [5.74, 6) is -0.300. The molecule has 0 aliphatic heterocycles. The Kier molecular flexibility index (Phi) is 4.01. The highest BCUT2D eigenvalue weighted by atomic mass is 16.5. The van der Waals surface area contributed by atoms with Gasteiger partial charge in [0.1, 0.15) is 12.4 Å². The fourth-order valence-corrected chi connectivity index (χ4v) is 3.24. The normalized spacial score (nSPS) is 11.0. The zero-order chi connectivity index (χ0) is 18.1. The van der Waals surface area contributed by atoms with Crippen LogP contribution in [0.3, 0.4) is 0 Å². The summed E-state index contributed by atoms with van der Waals surface area (Å²) >= 11 is 0. The Morgan fingerprint density at radius 2 is 1.73 bits per heavy atom. The summed E-state index contributed by atoms with van der Waals surface area (Å²) in [7, 11) is 0. The predicted molar refractivity (Wildman–Crippen MR) is 102 cm³/mol. The van der Waals surface area contributed by atoms with Gasteiger partial charge < -0.3 is 9.84 Å². The van der Waals surface area contributed by atoms with Gasteiger partial charge in [-0.1, -0.05) is 48.5 Å². The maximum atomic E-state index is 11.8. The number of para-hydroxylation sites is 1. The standard InChI is InChI=1S/C22H17NO3/c1-14-18-8-4-5-9-19(18)23-20(21(14)22(24)25)13-26-17-11-10-15-6-2-3-7-16(15)12-17/h2-12H,13H2,1H3,(H,24,25). The molecule has 0 saturated heterocycles. The molecule has 4 heteroatoms. The van der Waals surface area contributed by atoms with E-state index in [-0.39, 0.29) is 12.2 Å². The number of rotatable bonds is 4. The summed E-state index contributed by atoms with van der Waals surface area (Å²) in [4.78, 5) is 16.3. The highest BCUT2D eigenvalue weighted by Gasteiger charge is 2.18. The molecule has 128 valence electrons. The highest BCUT2D eigenvalue weighted by molar-refractivity contribution is 5.97. The molecule has 4 rings (SSSR count). The quantitative estimate of drug-likeness (QED) is 0.568. The molecule has 0 aliphatic rings. The Balaban J connectivity index is 1.71. The smallest absolute Gasteiger partial charge is 0.337 e. The number of carbonyl (C=O) groups is 1. The van der Waals surface area contributed by atoms with Crippen molar-refractivity contribution in [2.24, 2.45) is 0 Å². The van der Waals surface area contributed by atoms with Gasteiger partial charge in [0.2, 0.25) is 0 Å².